The maximum atomic E-state index is 2.41. The van der Waals surface area contributed by atoms with Crippen molar-refractivity contribution in [3.05, 3.63) is 170 Å². The highest BCUT2D eigenvalue weighted by Crippen LogP contribution is 2.41. The van der Waals surface area contributed by atoms with Gasteiger partial charge in [-0.1, -0.05) is 109 Å². The van der Waals surface area contributed by atoms with Gasteiger partial charge >= 0.3 is 0 Å². The summed E-state index contributed by atoms with van der Waals surface area (Å²) in [5, 5.41) is 10.2. The van der Waals surface area contributed by atoms with Gasteiger partial charge in [0.1, 0.15) is 0 Å². The molecule has 0 fully saturated rings. The summed E-state index contributed by atoms with van der Waals surface area (Å²) in [5.41, 5.74) is 9.69. The summed E-state index contributed by atoms with van der Waals surface area (Å²) in [7, 11) is 0. The highest BCUT2D eigenvalue weighted by Gasteiger charge is 2.18. The fraction of sp³-hybridized carbons (Fsp3) is 0. The molecule has 8 aromatic carbocycles. The number of hydrogen-bond acceptors (Lipinski definition) is 0. The van der Waals surface area contributed by atoms with Crippen LogP contribution in [-0.2, 0) is 0 Å². The van der Waals surface area contributed by atoms with Gasteiger partial charge in [0.2, 0.25) is 0 Å². The van der Waals surface area contributed by atoms with Gasteiger partial charge in [0.05, 0.1) is 22.1 Å². The fourth-order valence-electron chi connectivity index (χ4n) is 7.65. The molecular formula is C44H28N2. The number of hydrogen-bond donors (Lipinski definition) is 0. The maximum Gasteiger partial charge on any atom is 0.0547 e. The molecule has 0 bridgehead atoms. The van der Waals surface area contributed by atoms with Gasteiger partial charge < -0.3 is 9.13 Å². The third-order valence-corrected chi connectivity index (χ3v) is 9.67. The van der Waals surface area contributed by atoms with Gasteiger partial charge in [-0.15, -0.1) is 0 Å². The van der Waals surface area contributed by atoms with E-state index in [2.05, 4.69) is 179 Å². The number of rotatable bonds is 3. The Bertz CT molecular complexity index is 2780. The first-order valence-corrected chi connectivity index (χ1v) is 15.9. The van der Waals surface area contributed by atoms with Crippen molar-refractivity contribution in [2.24, 2.45) is 0 Å². The first-order chi connectivity index (χ1) is 22.8. The second kappa shape index (κ2) is 9.69. The minimum Gasteiger partial charge on any atom is -0.309 e. The van der Waals surface area contributed by atoms with E-state index in [1.165, 1.54) is 87.7 Å². The normalized spacial score (nSPS) is 11.9. The molecule has 0 aliphatic carbocycles. The van der Waals surface area contributed by atoms with E-state index < -0.39 is 0 Å². The van der Waals surface area contributed by atoms with Crippen molar-refractivity contribution >= 4 is 65.2 Å². The van der Waals surface area contributed by atoms with Crippen molar-refractivity contribution < 1.29 is 0 Å². The lowest BCUT2D eigenvalue weighted by Gasteiger charge is -2.10. The molecule has 0 atom stereocenters. The summed E-state index contributed by atoms with van der Waals surface area (Å²) >= 11 is 0. The summed E-state index contributed by atoms with van der Waals surface area (Å²) in [4.78, 5) is 0. The van der Waals surface area contributed by atoms with Crippen LogP contribution in [-0.4, -0.2) is 9.13 Å². The lowest BCUT2D eigenvalue weighted by molar-refractivity contribution is 1.18. The molecule has 0 saturated carbocycles. The van der Waals surface area contributed by atoms with Crippen molar-refractivity contribution in [2.75, 3.05) is 0 Å². The molecule has 2 heterocycles. The van der Waals surface area contributed by atoms with Gasteiger partial charge in [0.25, 0.3) is 0 Å². The van der Waals surface area contributed by atoms with Crippen LogP contribution in [0.5, 0.6) is 0 Å². The molecule has 2 heteroatoms. The van der Waals surface area contributed by atoms with Crippen LogP contribution in [0, 0.1) is 0 Å². The van der Waals surface area contributed by atoms with Crippen LogP contribution in [0.25, 0.3) is 87.7 Å². The second-order valence-corrected chi connectivity index (χ2v) is 12.2. The molecule has 0 unspecified atom stereocenters. The summed E-state index contributed by atoms with van der Waals surface area (Å²) in [6, 6.07) is 62.0. The highest BCUT2D eigenvalue weighted by atomic mass is 15.0. The molecule has 0 aliphatic heterocycles. The molecule has 0 spiro atoms. The predicted octanol–water partition coefficient (Wildman–Crippen LogP) is 11.9. The second-order valence-electron chi connectivity index (χ2n) is 12.2. The first-order valence-electron chi connectivity index (χ1n) is 15.9. The Morgan fingerprint density at radius 1 is 0.283 bits per heavy atom. The van der Waals surface area contributed by atoms with Crippen LogP contribution in [0.3, 0.4) is 0 Å². The van der Waals surface area contributed by atoms with Crippen LogP contribution in [0.15, 0.2) is 170 Å². The Kier molecular flexibility index (Phi) is 5.31. The Morgan fingerprint density at radius 3 is 1.43 bits per heavy atom. The monoisotopic (exact) mass is 584 g/mol. The number of para-hydroxylation sites is 3. The minimum atomic E-state index is 1.17. The van der Waals surface area contributed by atoms with E-state index >= 15 is 0 Å². The van der Waals surface area contributed by atoms with Gasteiger partial charge in [-0.05, 0) is 93.3 Å². The number of benzene rings is 8. The van der Waals surface area contributed by atoms with Gasteiger partial charge in [-0.25, -0.2) is 0 Å². The van der Waals surface area contributed by atoms with Crippen molar-refractivity contribution in [1.29, 1.82) is 0 Å². The summed E-state index contributed by atoms with van der Waals surface area (Å²) < 4.78 is 4.80. The zero-order valence-electron chi connectivity index (χ0n) is 25.1. The summed E-state index contributed by atoms with van der Waals surface area (Å²) in [5.74, 6) is 0. The van der Waals surface area contributed by atoms with Gasteiger partial charge in [-0.3, -0.25) is 0 Å². The zero-order valence-corrected chi connectivity index (χ0v) is 25.1. The van der Waals surface area contributed by atoms with Crippen molar-refractivity contribution in [3.63, 3.8) is 0 Å². The van der Waals surface area contributed by atoms with E-state index in [4.69, 9.17) is 0 Å². The van der Waals surface area contributed by atoms with Crippen molar-refractivity contribution in [3.8, 4) is 22.5 Å². The van der Waals surface area contributed by atoms with Gasteiger partial charge in [0.15, 0.2) is 0 Å². The third-order valence-electron chi connectivity index (χ3n) is 9.67. The average Bonchev–Trinajstić information content (AvgIpc) is 3.65. The molecule has 10 rings (SSSR count). The molecular weight excluding hydrogens is 556 g/mol. The Morgan fingerprint density at radius 2 is 0.739 bits per heavy atom. The van der Waals surface area contributed by atoms with Gasteiger partial charge in [-0.2, -0.15) is 0 Å². The van der Waals surface area contributed by atoms with E-state index in [0.717, 1.165) is 0 Å². The predicted molar refractivity (Wildman–Crippen MR) is 196 cm³/mol. The summed E-state index contributed by atoms with van der Waals surface area (Å²) in [6.07, 6.45) is 0. The quantitative estimate of drug-likeness (QED) is 0.195. The number of aromatic nitrogens is 2. The minimum absolute atomic E-state index is 1.17. The van der Waals surface area contributed by atoms with Crippen molar-refractivity contribution in [1.82, 2.24) is 9.13 Å². The lowest BCUT2D eigenvalue weighted by atomic mass is 9.96. The number of fused-ring (bicyclic) bond motifs is 10. The standard InChI is InChI=1S/C44H28N2/c1-3-12-33(13-4-1)45-39-18-10-9-17-36(39)44-37-27-31(20-19-30(37)22-26-42(44)45)32-23-24-40-38(28-32)43-35-16-8-7-11-29(35)21-25-41(43)46(40)34-14-5-2-6-15-34/h1-28H. The van der Waals surface area contributed by atoms with Crippen LogP contribution in [0.4, 0.5) is 0 Å². The van der Waals surface area contributed by atoms with E-state index in [1.807, 2.05) is 0 Å². The van der Waals surface area contributed by atoms with Crippen LogP contribution < -0.4 is 0 Å². The Balaban J connectivity index is 1.26. The molecule has 2 nitrogen and oxygen atoms in total. The van der Waals surface area contributed by atoms with E-state index in [0.29, 0.717) is 0 Å². The number of nitrogens with zero attached hydrogens (tertiary/aromatic N) is 2. The summed E-state index contributed by atoms with van der Waals surface area (Å²) in [6.45, 7) is 0. The zero-order chi connectivity index (χ0) is 30.2. The van der Waals surface area contributed by atoms with Crippen LogP contribution in [0.1, 0.15) is 0 Å². The molecule has 0 amide bonds. The SMILES string of the molecule is c1ccc(-n2c3ccccc3c3c4cc(-c5ccc6c(c5)c5c7ccccc7ccc5n6-c5ccccc5)ccc4ccc32)cc1. The topological polar surface area (TPSA) is 9.86 Å². The smallest absolute Gasteiger partial charge is 0.0547 e. The maximum absolute atomic E-state index is 2.41. The van der Waals surface area contributed by atoms with Crippen LogP contribution in [0.2, 0.25) is 0 Å². The third kappa shape index (κ3) is 3.59. The molecule has 46 heavy (non-hydrogen) atoms. The molecule has 214 valence electrons. The van der Waals surface area contributed by atoms with Gasteiger partial charge in [0, 0.05) is 32.9 Å². The largest absolute Gasteiger partial charge is 0.309 e. The average molecular weight is 585 g/mol. The van der Waals surface area contributed by atoms with Crippen LogP contribution >= 0.6 is 0 Å². The molecule has 10 aromatic rings. The highest BCUT2D eigenvalue weighted by molar-refractivity contribution is 6.23. The van der Waals surface area contributed by atoms with E-state index in [-0.39, 0.29) is 0 Å². The molecule has 0 radical (unpaired) electrons. The Labute approximate surface area is 266 Å². The molecule has 2 aromatic heterocycles. The Hall–Kier alpha value is -6.12. The van der Waals surface area contributed by atoms with Crippen molar-refractivity contribution in [2.45, 2.75) is 0 Å². The fourth-order valence-corrected chi connectivity index (χ4v) is 7.65. The lowest BCUT2D eigenvalue weighted by Crippen LogP contribution is -1.93. The molecule has 0 N–H and O–H groups in total. The molecule has 0 saturated heterocycles. The first kappa shape index (κ1) is 25.2. The molecule has 0 aliphatic rings. The van der Waals surface area contributed by atoms with E-state index in [9.17, 15) is 0 Å². The van der Waals surface area contributed by atoms with E-state index in [1.54, 1.807) is 0 Å².